The van der Waals surface area contributed by atoms with Crippen LogP contribution in [0.15, 0.2) is 66.7 Å². The fourth-order valence-corrected chi connectivity index (χ4v) is 4.24. The van der Waals surface area contributed by atoms with Crippen molar-refractivity contribution in [2.75, 3.05) is 28.7 Å². The average Bonchev–Trinajstić information content (AvgIpc) is 3.24. The van der Waals surface area contributed by atoms with Crippen molar-refractivity contribution in [2.24, 2.45) is 5.92 Å². The number of carbonyl (C=O) groups excluding carboxylic acids is 3. The number of nitrogens with zero attached hydrogens (tertiary/aromatic N) is 1. The van der Waals surface area contributed by atoms with Crippen LogP contribution in [0.5, 0.6) is 5.75 Å². The predicted molar refractivity (Wildman–Crippen MR) is 137 cm³/mol. The summed E-state index contributed by atoms with van der Waals surface area (Å²) in [5, 5.41) is 5.83. The quantitative estimate of drug-likeness (QED) is 0.511. The first-order valence-corrected chi connectivity index (χ1v) is 11.7. The van der Waals surface area contributed by atoms with Gasteiger partial charge in [-0.2, -0.15) is 0 Å². The molecule has 1 heterocycles. The minimum absolute atomic E-state index is 0.107. The highest BCUT2D eigenvalue weighted by molar-refractivity contribution is 6.11. The van der Waals surface area contributed by atoms with Crippen LogP contribution in [0, 0.1) is 19.8 Å². The Labute approximate surface area is 205 Å². The van der Waals surface area contributed by atoms with Crippen LogP contribution >= 0.6 is 0 Å². The first-order valence-electron chi connectivity index (χ1n) is 11.7. The molecule has 0 aliphatic carbocycles. The monoisotopic (exact) mass is 471 g/mol. The van der Waals surface area contributed by atoms with E-state index in [9.17, 15) is 14.4 Å². The summed E-state index contributed by atoms with van der Waals surface area (Å²) in [6, 6.07) is 19.9. The van der Waals surface area contributed by atoms with Gasteiger partial charge in [-0.15, -0.1) is 0 Å². The lowest BCUT2D eigenvalue weighted by molar-refractivity contribution is -0.122. The van der Waals surface area contributed by atoms with Crippen molar-refractivity contribution in [3.8, 4) is 5.75 Å². The van der Waals surface area contributed by atoms with Crippen LogP contribution in [-0.2, 0) is 9.59 Å². The summed E-state index contributed by atoms with van der Waals surface area (Å²) >= 11 is 0. The predicted octanol–water partition coefficient (Wildman–Crippen LogP) is 4.95. The molecule has 7 heteroatoms. The maximum absolute atomic E-state index is 13.1. The zero-order valence-corrected chi connectivity index (χ0v) is 20.1. The largest absolute Gasteiger partial charge is 0.494 e. The van der Waals surface area contributed by atoms with E-state index < -0.39 is 5.92 Å². The smallest absolute Gasteiger partial charge is 0.257 e. The van der Waals surface area contributed by atoms with Crippen molar-refractivity contribution < 1.29 is 19.1 Å². The first kappa shape index (κ1) is 24.0. The summed E-state index contributed by atoms with van der Waals surface area (Å²) in [6.07, 6.45) is 0.107. The molecule has 1 saturated heterocycles. The molecule has 0 unspecified atom stereocenters. The number of ether oxygens (including phenoxy) is 1. The van der Waals surface area contributed by atoms with Gasteiger partial charge in [0.25, 0.3) is 5.91 Å². The molecule has 1 fully saturated rings. The molecule has 1 aliphatic heterocycles. The minimum atomic E-state index is -0.524. The van der Waals surface area contributed by atoms with Gasteiger partial charge in [-0.3, -0.25) is 14.4 Å². The summed E-state index contributed by atoms with van der Waals surface area (Å²) < 4.78 is 5.46. The van der Waals surface area contributed by atoms with Crippen LogP contribution in [0.1, 0.15) is 34.8 Å². The van der Waals surface area contributed by atoms with Crippen LogP contribution < -0.4 is 20.3 Å². The van der Waals surface area contributed by atoms with Gasteiger partial charge in [0.15, 0.2) is 0 Å². The number of benzene rings is 3. The Hall–Kier alpha value is -4.13. The second kappa shape index (κ2) is 10.4. The highest BCUT2D eigenvalue weighted by atomic mass is 16.5. The van der Waals surface area contributed by atoms with E-state index in [0.29, 0.717) is 17.9 Å². The Bertz CT molecular complexity index is 1230. The number of nitrogens with one attached hydrogen (secondary N) is 2. The number of amides is 3. The molecular formula is C28H29N3O4. The van der Waals surface area contributed by atoms with Gasteiger partial charge in [0.05, 0.1) is 23.8 Å². The van der Waals surface area contributed by atoms with Crippen LogP contribution in [0.3, 0.4) is 0 Å². The second-order valence-electron chi connectivity index (χ2n) is 8.59. The zero-order chi connectivity index (χ0) is 24.9. The standard InChI is InChI=1S/C28H29N3O4/c1-4-35-22-14-12-21(13-15-22)31-17-20(16-25(31)32)27(33)29-24-11-6-5-10-23(24)28(34)30-26-18(2)8-7-9-19(26)3/h5-15,20H,4,16-17H2,1-3H3,(H,29,33)(H,30,34)/t20-/m0/s1. The first-order chi connectivity index (χ1) is 16.9. The van der Waals surface area contributed by atoms with Gasteiger partial charge in [0.1, 0.15) is 5.75 Å². The molecular weight excluding hydrogens is 442 g/mol. The normalized spacial score (nSPS) is 15.1. The third kappa shape index (κ3) is 5.35. The van der Waals surface area contributed by atoms with Gasteiger partial charge in [-0.1, -0.05) is 30.3 Å². The van der Waals surface area contributed by atoms with Crippen LogP contribution in [0.4, 0.5) is 17.1 Å². The summed E-state index contributed by atoms with van der Waals surface area (Å²) in [4.78, 5) is 40.4. The number of anilines is 3. The molecule has 1 aliphatic rings. The van der Waals surface area contributed by atoms with E-state index in [2.05, 4.69) is 10.6 Å². The molecule has 3 aromatic rings. The molecule has 4 rings (SSSR count). The Balaban J connectivity index is 1.46. The Kier molecular flexibility index (Phi) is 7.15. The Morgan fingerprint density at radius 3 is 2.31 bits per heavy atom. The highest BCUT2D eigenvalue weighted by Crippen LogP contribution is 2.28. The number of carbonyl (C=O) groups is 3. The Morgan fingerprint density at radius 1 is 0.943 bits per heavy atom. The van der Waals surface area contributed by atoms with E-state index in [1.165, 1.54) is 0 Å². The lowest BCUT2D eigenvalue weighted by atomic mass is 10.1. The molecule has 0 radical (unpaired) electrons. The van der Waals surface area contributed by atoms with E-state index in [4.69, 9.17) is 4.74 Å². The molecule has 3 amide bonds. The van der Waals surface area contributed by atoms with Crippen molar-refractivity contribution in [2.45, 2.75) is 27.2 Å². The van der Waals surface area contributed by atoms with Crippen LogP contribution in [-0.4, -0.2) is 30.9 Å². The van der Waals surface area contributed by atoms with Gasteiger partial charge in [-0.05, 0) is 68.3 Å². The molecule has 0 bridgehead atoms. The van der Waals surface area contributed by atoms with Crippen molar-refractivity contribution in [3.63, 3.8) is 0 Å². The summed E-state index contributed by atoms with van der Waals surface area (Å²) in [5.74, 6) is -0.511. The Morgan fingerprint density at radius 2 is 1.63 bits per heavy atom. The molecule has 180 valence electrons. The molecule has 0 aromatic heterocycles. The van der Waals surface area contributed by atoms with Crippen molar-refractivity contribution in [1.29, 1.82) is 0 Å². The van der Waals surface area contributed by atoms with Crippen molar-refractivity contribution >= 4 is 34.8 Å². The van der Waals surface area contributed by atoms with Crippen LogP contribution in [0.25, 0.3) is 0 Å². The van der Waals surface area contributed by atoms with Crippen molar-refractivity contribution in [3.05, 3.63) is 83.4 Å². The van der Waals surface area contributed by atoms with Gasteiger partial charge >= 0.3 is 0 Å². The summed E-state index contributed by atoms with van der Waals surface area (Å²) in [6.45, 7) is 6.61. The molecule has 0 saturated carbocycles. The van der Waals surface area contributed by atoms with Gasteiger partial charge in [0.2, 0.25) is 11.8 Å². The zero-order valence-electron chi connectivity index (χ0n) is 20.1. The van der Waals surface area contributed by atoms with Gasteiger partial charge in [-0.25, -0.2) is 0 Å². The number of para-hydroxylation sites is 2. The van der Waals surface area contributed by atoms with Crippen LogP contribution in [0.2, 0.25) is 0 Å². The molecule has 2 N–H and O–H groups in total. The third-order valence-corrected chi connectivity index (χ3v) is 6.10. The average molecular weight is 472 g/mol. The topological polar surface area (TPSA) is 87.7 Å². The summed E-state index contributed by atoms with van der Waals surface area (Å²) in [5.41, 5.74) is 4.16. The highest BCUT2D eigenvalue weighted by Gasteiger charge is 2.35. The fourth-order valence-electron chi connectivity index (χ4n) is 4.24. The van der Waals surface area contributed by atoms with Crippen molar-refractivity contribution in [1.82, 2.24) is 0 Å². The maximum Gasteiger partial charge on any atom is 0.257 e. The molecule has 35 heavy (non-hydrogen) atoms. The second-order valence-corrected chi connectivity index (χ2v) is 8.59. The molecule has 3 aromatic carbocycles. The lowest BCUT2D eigenvalue weighted by Gasteiger charge is -2.18. The SMILES string of the molecule is CCOc1ccc(N2C[C@@H](C(=O)Nc3ccccc3C(=O)Nc3c(C)cccc3C)CC2=O)cc1. The molecule has 0 spiro atoms. The van der Waals surface area contributed by atoms with E-state index in [1.54, 1.807) is 29.2 Å². The van der Waals surface area contributed by atoms with E-state index in [0.717, 1.165) is 28.3 Å². The minimum Gasteiger partial charge on any atom is -0.494 e. The fraction of sp³-hybridized carbons (Fsp3) is 0.250. The lowest BCUT2D eigenvalue weighted by Crippen LogP contribution is -2.28. The number of rotatable bonds is 7. The number of hydrogen-bond donors (Lipinski definition) is 2. The van der Waals surface area contributed by atoms with E-state index in [-0.39, 0.29) is 30.7 Å². The van der Waals surface area contributed by atoms with Gasteiger partial charge in [0, 0.05) is 24.3 Å². The van der Waals surface area contributed by atoms with E-state index >= 15 is 0 Å². The maximum atomic E-state index is 13.1. The third-order valence-electron chi connectivity index (χ3n) is 6.10. The van der Waals surface area contributed by atoms with E-state index in [1.807, 2.05) is 63.2 Å². The molecule has 7 nitrogen and oxygen atoms in total. The van der Waals surface area contributed by atoms with Gasteiger partial charge < -0.3 is 20.3 Å². The summed E-state index contributed by atoms with van der Waals surface area (Å²) in [7, 11) is 0. The number of hydrogen-bond acceptors (Lipinski definition) is 4. The number of aryl methyl sites for hydroxylation is 2. The molecule has 1 atom stereocenters.